The van der Waals surface area contributed by atoms with Crippen LogP contribution in [0.1, 0.15) is 34.5 Å². The third kappa shape index (κ3) is 4.16. The van der Waals surface area contributed by atoms with Gasteiger partial charge in [0.1, 0.15) is 10.7 Å². The van der Waals surface area contributed by atoms with Gasteiger partial charge in [-0.05, 0) is 43.7 Å². The highest BCUT2D eigenvalue weighted by molar-refractivity contribution is 7.90. The minimum atomic E-state index is -3.61. The van der Waals surface area contributed by atoms with Crippen LogP contribution >= 0.6 is 0 Å². The standard InChI is InChI=1S/C17H18FNO3S/c1-11-5-4-6-14(9-11)17(20)19-12(2)13-7-8-16(15(18)10-13)23(3,21)22/h4-10,12H,1-3H3,(H,19,20)/t12-/m1/s1. The number of sulfone groups is 1. The van der Waals surface area contributed by atoms with Crippen molar-refractivity contribution < 1.29 is 17.6 Å². The van der Waals surface area contributed by atoms with Gasteiger partial charge < -0.3 is 5.32 Å². The molecular formula is C17H18FNO3S. The minimum absolute atomic E-state index is 0.270. The SMILES string of the molecule is Cc1cccc(C(=O)N[C@H](C)c2ccc(S(C)(=O)=O)c(F)c2)c1. The highest BCUT2D eigenvalue weighted by atomic mass is 32.2. The molecule has 0 aliphatic heterocycles. The predicted octanol–water partition coefficient (Wildman–Crippen LogP) is 3.03. The number of aryl methyl sites for hydroxylation is 1. The molecule has 1 atom stereocenters. The lowest BCUT2D eigenvalue weighted by atomic mass is 10.1. The van der Waals surface area contributed by atoms with Crippen molar-refractivity contribution in [1.82, 2.24) is 5.32 Å². The lowest BCUT2D eigenvalue weighted by Gasteiger charge is -2.15. The van der Waals surface area contributed by atoms with E-state index in [2.05, 4.69) is 5.32 Å². The van der Waals surface area contributed by atoms with E-state index in [9.17, 15) is 17.6 Å². The maximum atomic E-state index is 13.9. The number of halogens is 1. The van der Waals surface area contributed by atoms with E-state index in [4.69, 9.17) is 0 Å². The molecule has 0 spiro atoms. The van der Waals surface area contributed by atoms with Crippen molar-refractivity contribution >= 4 is 15.7 Å². The summed E-state index contributed by atoms with van der Waals surface area (Å²) in [6.45, 7) is 3.60. The van der Waals surface area contributed by atoms with E-state index in [1.807, 2.05) is 13.0 Å². The first-order chi connectivity index (χ1) is 10.7. The first-order valence-electron chi connectivity index (χ1n) is 7.05. The molecule has 0 bridgehead atoms. The molecular weight excluding hydrogens is 317 g/mol. The van der Waals surface area contributed by atoms with Crippen LogP contribution in [0.3, 0.4) is 0 Å². The molecule has 6 heteroatoms. The lowest BCUT2D eigenvalue weighted by molar-refractivity contribution is 0.0939. The molecule has 0 unspecified atom stereocenters. The Bertz CT molecular complexity index is 847. The van der Waals surface area contributed by atoms with Gasteiger partial charge in [0.15, 0.2) is 9.84 Å². The molecule has 0 aliphatic rings. The average Bonchev–Trinajstić information content (AvgIpc) is 2.45. The number of carbonyl (C=O) groups excluding carboxylic acids is 1. The summed E-state index contributed by atoms with van der Waals surface area (Å²) < 4.78 is 36.8. The molecule has 1 amide bonds. The van der Waals surface area contributed by atoms with E-state index in [1.165, 1.54) is 12.1 Å². The second-order valence-corrected chi connectivity index (χ2v) is 7.51. The molecule has 1 N–H and O–H groups in total. The zero-order valence-corrected chi connectivity index (χ0v) is 13.9. The molecule has 0 aliphatic carbocycles. The van der Waals surface area contributed by atoms with Crippen molar-refractivity contribution in [2.75, 3.05) is 6.26 Å². The van der Waals surface area contributed by atoms with Crippen LogP contribution in [0.5, 0.6) is 0 Å². The molecule has 0 aromatic heterocycles. The van der Waals surface area contributed by atoms with Gasteiger partial charge in [-0.1, -0.05) is 23.8 Å². The van der Waals surface area contributed by atoms with E-state index in [1.54, 1.807) is 25.1 Å². The predicted molar refractivity (Wildman–Crippen MR) is 86.6 cm³/mol. The summed E-state index contributed by atoms with van der Waals surface area (Å²) in [5, 5.41) is 2.77. The van der Waals surface area contributed by atoms with Crippen molar-refractivity contribution in [3.63, 3.8) is 0 Å². The summed E-state index contributed by atoms with van der Waals surface area (Å²) in [6, 6.07) is 10.5. The third-order valence-corrected chi connectivity index (χ3v) is 4.61. The van der Waals surface area contributed by atoms with Gasteiger partial charge in [-0.2, -0.15) is 0 Å². The van der Waals surface area contributed by atoms with Gasteiger partial charge in [-0.15, -0.1) is 0 Å². The van der Waals surface area contributed by atoms with Gasteiger partial charge in [-0.25, -0.2) is 12.8 Å². The van der Waals surface area contributed by atoms with Gasteiger partial charge in [0.25, 0.3) is 5.91 Å². The molecule has 0 saturated heterocycles. The van der Waals surface area contributed by atoms with Gasteiger partial charge in [0.2, 0.25) is 0 Å². The fraction of sp³-hybridized carbons (Fsp3) is 0.235. The highest BCUT2D eigenvalue weighted by Crippen LogP contribution is 2.20. The maximum absolute atomic E-state index is 13.9. The zero-order valence-electron chi connectivity index (χ0n) is 13.1. The molecule has 122 valence electrons. The Kier molecular flexibility index (Phi) is 4.85. The van der Waals surface area contributed by atoms with Crippen LogP contribution in [0.2, 0.25) is 0 Å². The van der Waals surface area contributed by atoms with Crippen molar-refractivity contribution in [2.24, 2.45) is 0 Å². The topological polar surface area (TPSA) is 63.2 Å². The molecule has 2 aromatic rings. The van der Waals surface area contributed by atoms with Gasteiger partial charge in [0.05, 0.1) is 6.04 Å². The average molecular weight is 335 g/mol. The summed E-state index contributed by atoms with van der Waals surface area (Å²) in [5.74, 6) is -1.09. The number of amides is 1. The molecule has 2 rings (SSSR count). The number of hydrogen-bond donors (Lipinski definition) is 1. The summed E-state index contributed by atoms with van der Waals surface area (Å²) >= 11 is 0. The van der Waals surface area contributed by atoms with Crippen LogP contribution in [0.25, 0.3) is 0 Å². The van der Waals surface area contributed by atoms with Crippen molar-refractivity contribution in [3.05, 3.63) is 65.0 Å². The largest absolute Gasteiger partial charge is 0.346 e. The number of rotatable bonds is 4. The third-order valence-electron chi connectivity index (χ3n) is 3.48. The Morgan fingerprint density at radius 1 is 1.17 bits per heavy atom. The molecule has 0 fully saturated rings. The van der Waals surface area contributed by atoms with E-state index >= 15 is 0 Å². The monoisotopic (exact) mass is 335 g/mol. The van der Waals surface area contributed by atoms with Gasteiger partial charge in [-0.3, -0.25) is 4.79 Å². The summed E-state index contributed by atoms with van der Waals surface area (Å²) in [5.41, 5.74) is 1.98. The summed E-state index contributed by atoms with van der Waals surface area (Å²) in [7, 11) is -3.61. The highest BCUT2D eigenvalue weighted by Gasteiger charge is 2.17. The normalized spacial score (nSPS) is 12.7. The maximum Gasteiger partial charge on any atom is 0.251 e. The Morgan fingerprint density at radius 2 is 1.87 bits per heavy atom. The Balaban J connectivity index is 2.19. The summed E-state index contributed by atoms with van der Waals surface area (Å²) in [4.78, 5) is 11.8. The number of nitrogens with one attached hydrogen (secondary N) is 1. The summed E-state index contributed by atoms with van der Waals surface area (Å²) in [6.07, 6.45) is 0.952. The van der Waals surface area contributed by atoms with Crippen LogP contribution in [-0.2, 0) is 9.84 Å². The van der Waals surface area contributed by atoms with E-state index < -0.39 is 21.7 Å². The van der Waals surface area contributed by atoms with Crippen molar-refractivity contribution in [3.8, 4) is 0 Å². The molecule has 4 nitrogen and oxygen atoms in total. The van der Waals surface area contributed by atoms with Crippen LogP contribution < -0.4 is 5.32 Å². The van der Waals surface area contributed by atoms with E-state index in [0.29, 0.717) is 11.1 Å². The second kappa shape index (κ2) is 6.50. The molecule has 2 aromatic carbocycles. The fourth-order valence-electron chi connectivity index (χ4n) is 2.24. The van der Waals surface area contributed by atoms with Crippen LogP contribution in [0, 0.1) is 12.7 Å². The minimum Gasteiger partial charge on any atom is -0.346 e. The lowest BCUT2D eigenvalue weighted by Crippen LogP contribution is -2.26. The zero-order chi connectivity index (χ0) is 17.2. The smallest absolute Gasteiger partial charge is 0.251 e. The van der Waals surface area contributed by atoms with E-state index in [-0.39, 0.29) is 10.8 Å². The van der Waals surface area contributed by atoms with E-state index in [0.717, 1.165) is 17.9 Å². The van der Waals surface area contributed by atoms with Crippen LogP contribution in [-0.4, -0.2) is 20.6 Å². The number of benzene rings is 2. The Hall–Kier alpha value is -2.21. The molecule has 0 radical (unpaired) electrons. The molecule has 23 heavy (non-hydrogen) atoms. The Labute approximate surface area is 135 Å². The molecule has 0 saturated carbocycles. The first-order valence-corrected chi connectivity index (χ1v) is 8.94. The van der Waals surface area contributed by atoms with Crippen LogP contribution in [0.15, 0.2) is 47.4 Å². The first kappa shape index (κ1) is 17.1. The van der Waals surface area contributed by atoms with Gasteiger partial charge in [0, 0.05) is 11.8 Å². The quantitative estimate of drug-likeness (QED) is 0.934. The second-order valence-electron chi connectivity index (χ2n) is 5.53. The molecule has 0 heterocycles. The Morgan fingerprint density at radius 3 is 2.43 bits per heavy atom. The number of carbonyl (C=O) groups is 1. The fourth-order valence-corrected chi connectivity index (χ4v) is 2.97. The van der Waals surface area contributed by atoms with Gasteiger partial charge >= 0.3 is 0 Å². The number of hydrogen-bond acceptors (Lipinski definition) is 3. The van der Waals surface area contributed by atoms with Crippen molar-refractivity contribution in [2.45, 2.75) is 24.8 Å². The van der Waals surface area contributed by atoms with Crippen LogP contribution in [0.4, 0.5) is 4.39 Å². The van der Waals surface area contributed by atoms with Crippen molar-refractivity contribution in [1.29, 1.82) is 0 Å².